The van der Waals surface area contributed by atoms with E-state index in [1.807, 2.05) is 0 Å². The van der Waals surface area contributed by atoms with Crippen LogP contribution in [-0.4, -0.2) is 35.1 Å². The predicted octanol–water partition coefficient (Wildman–Crippen LogP) is 2.24. The highest BCUT2D eigenvalue weighted by Gasteiger charge is 2.23. The summed E-state index contributed by atoms with van der Waals surface area (Å²) < 4.78 is 2.19. The first-order chi connectivity index (χ1) is 8.68. The van der Waals surface area contributed by atoms with Gasteiger partial charge < -0.3 is 9.88 Å². The Morgan fingerprint density at radius 1 is 1.28 bits per heavy atom. The minimum Gasteiger partial charge on any atom is -0.353 e. The van der Waals surface area contributed by atoms with Gasteiger partial charge in [-0.2, -0.15) is 0 Å². The van der Waals surface area contributed by atoms with Crippen molar-refractivity contribution in [2.24, 2.45) is 13.0 Å². The van der Waals surface area contributed by atoms with Crippen LogP contribution in [-0.2, 0) is 13.6 Å². The van der Waals surface area contributed by atoms with Gasteiger partial charge in [-0.15, -0.1) is 0 Å². The zero-order chi connectivity index (χ0) is 13.0. The summed E-state index contributed by atoms with van der Waals surface area (Å²) in [5.41, 5.74) is 1.36. The monoisotopic (exact) mass is 249 g/mol. The topological polar surface area (TPSA) is 20.2 Å². The van der Waals surface area contributed by atoms with Gasteiger partial charge in [0.2, 0.25) is 0 Å². The average molecular weight is 249 g/mol. The second kappa shape index (κ2) is 6.39. The number of rotatable bonds is 6. The lowest BCUT2D eigenvalue weighted by molar-refractivity contribution is 0.186. The molecule has 102 valence electrons. The molecule has 0 radical (unpaired) electrons. The van der Waals surface area contributed by atoms with Gasteiger partial charge in [0.1, 0.15) is 0 Å². The minimum absolute atomic E-state index is 0.688. The second-order valence-electron chi connectivity index (χ2n) is 5.80. The van der Waals surface area contributed by atoms with Crippen LogP contribution >= 0.6 is 0 Å². The summed E-state index contributed by atoms with van der Waals surface area (Å²) in [5.74, 6) is 0.726. The lowest BCUT2D eigenvalue weighted by Crippen LogP contribution is -2.44. The molecule has 0 aromatic carbocycles. The van der Waals surface area contributed by atoms with Gasteiger partial charge in [0, 0.05) is 38.1 Å². The Kier molecular flexibility index (Phi) is 4.84. The molecule has 1 fully saturated rings. The molecule has 1 unspecified atom stereocenters. The smallest absolute Gasteiger partial charge is 0.0359 e. The Balaban J connectivity index is 1.80. The molecule has 0 spiro atoms. The molecule has 3 nitrogen and oxygen atoms in total. The standard InChI is InChI=1S/C15H27N3/c1-13(2)15(18-9-4-5-10-18)12-16-11-14-7-6-8-17(14)3/h6-8,13,15-16H,4-5,9-12H2,1-3H3. The van der Waals surface area contributed by atoms with Crippen LogP contribution in [0.1, 0.15) is 32.4 Å². The van der Waals surface area contributed by atoms with Gasteiger partial charge >= 0.3 is 0 Å². The molecule has 3 heteroatoms. The van der Waals surface area contributed by atoms with Gasteiger partial charge in [-0.1, -0.05) is 13.8 Å². The quantitative estimate of drug-likeness (QED) is 0.834. The molecule has 1 atom stereocenters. The zero-order valence-corrected chi connectivity index (χ0v) is 12.0. The molecule has 0 amide bonds. The van der Waals surface area contributed by atoms with Gasteiger partial charge in [-0.05, 0) is 44.0 Å². The van der Waals surface area contributed by atoms with Crippen molar-refractivity contribution in [1.82, 2.24) is 14.8 Å². The molecule has 1 aromatic rings. The van der Waals surface area contributed by atoms with Crippen LogP contribution in [0, 0.1) is 5.92 Å². The van der Waals surface area contributed by atoms with E-state index in [0.717, 1.165) is 19.0 Å². The molecule has 1 aliphatic heterocycles. The van der Waals surface area contributed by atoms with E-state index >= 15 is 0 Å². The maximum absolute atomic E-state index is 3.62. The van der Waals surface area contributed by atoms with Gasteiger partial charge in [-0.25, -0.2) is 0 Å². The summed E-state index contributed by atoms with van der Waals surface area (Å²) in [6.45, 7) is 9.33. The van der Waals surface area contributed by atoms with Crippen LogP contribution in [0.25, 0.3) is 0 Å². The summed E-state index contributed by atoms with van der Waals surface area (Å²) in [5, 5.41) is 3.62. The van der Waals surface area contributed by atoms with Crippen molar-refractivity contribution in [3.05, 3.63) is 24.0 Å². The Labute approximate surface area is 111 Å². The van der Waals surface area contributed by atoms with Crippen molar-refractivity contribution in [3.63, 3.8) is 0 Å². The Bertz CT molecular complexity index is 350. The van der Waals surface area contributed by atoms with Gasteiger partial charge in [0.15, 0.2) is 0 Å². The number of nitrogens with zero attached hydrogens (tertiary/aromatic N) is 2. The van der Waals surface area contributed by atoms with Crippen molar-refractivity contribution in [2.75, 3.05) is 19.6 Å². The van der Waals surface area contributed by atoms with E-state index in [0.29, 0.717) is 6.04 Å². The Morgan fingerprint density at radius 2 is 2.00 bits per heavy atom. The molecule has 2 heterocycles. The molecule has 0 aliphatic carbocycles. The fourth-order valence-electron chi connectivity index (χ4n) is 2.89. The van der Waals surface area contributed by atoms with Crippen LogP contribution < -0.4 is 5.32 Å². The first kappa shape index (κ1) is 13.6. The second-order valence-corrected chi connectivity index (χ2v) is 5.80. The molecule has 1 aromatic heterocycles. The van der Waals surface area contributed by atoms with E-state index in [-0.39, 0.29) is 0 Å². The third-order valence-electron chi connectivity index (χ3n) is 4.09. The highest BCUT2D eigenvalue weighted by molar-refractivity contribution is 5.06. The van der Waals surface area contributed by atoms with E-state index in [9.17, 15) is 0 Å². The number of hydrogen-bond donors (Lipinski definition) is 1. The SMILES string of the molecule is CC(C)C(CNCc1cccn1C)N1CCCC1. The molecule has 1 N–H and O–H groups in total. The minimum atomic E-state index is 0.688. The van der Waals surface area contributed by atoms with Crippen molar-refractivity contribution >= 4 is 0 Å². The van der Waals surface area contributed by atoms with Crippen molar-refractivity contribution in [2.45, 2.75) is 39.3 Å². The summed E-state index contributed by atoms with van der Waals surface area (Å²) >= 11 is 0. The first-order valence-electron chi connectivity index (χ1n) is 7.23. The van der Waals surface area contributed by atoms with E-state index in [4.69, 9.17) is 0 Å². The summed E-state index contributed by atoms with van der Waals surface area (Å²) in [7, 11) is 2.11. The molecular weight excluding hydrogens is 222 g/mol. The lowest BCUT2D eigenvalue weighted by atomic mass is 10.0. The molecule has 1 saturated heterocycles. The molecule has 1 aliphatic rings. The summed E-state index contributed by atoms with van der Waals surface area (Å²) in [4.78, 5) is 2.66. The fourth-order valence-corrected chi connectivity index (χ4v) is 2.89. The third kappa shape index (κ3) is 3.36. The molecule has 18 heavy (non-hydrogen) atoms. The van der Waals surface area contributed by atoms with Gasteiger partial charge in [-0.3, -0.25) is 4.90 Å². The Morgan fingerprint density at radius 3 is 2.56 bits per heavy atom. The molecular formula is C15H27N3. The number of nitrogens with one attached hydrogen (secondary N) is 1. The van der Waals surface area contributed by atoms with Crippen molar-refractivity contribution < 1.29 is 0 Å². The van der Waals surface area contributed by atoms with Gasteiger partial charge in [0.25, 0.3) is 0 Å². The molecule has 2 rings (SSSR count). The largest absolute Gasteiger partial charge is 0.353 e. The molecule has 0 bridgehead atoms. The summed E-state index contributed by atoms with van der Waals surface area (Å²) in [6, 6.07) is 4.98. The van der Waals surface area contributed by atoms with Crippen LogP contribution in [0.15, 0.2) is 18.3 Å². The fraction of sp³-hybridized carbons (Fsp3) is 0.733. The van der Waals surface area contributed by atoms with E-state index in [2.05, 4.69) is 54.0 Å². The number of likely N-dealkylation sites (tertiary alicyclic amines) is 1. The van der Waals surface area contributed by atoms with E-state index in [1.54, 1.807) is 0 Å². The number of aromatic nitrogens is 1. The Hall–Kier alpha value is -0.800. The van der Waals surface area contributed by atoms with Crippen molar-refractivity contribution in [1.29, 1.82) is 0 Å². The average Bonchev–Trinajstić information content (AvgIpc) is 2.96. The maximum atomic E-state index is 3.62. The molecule has 0 saturated carbocycles. The maximum Gasteiger partial charge on any atom is 0.0359 e. The number of hydrogen-bond acceptors (Lipinski definition) is 2. The van der Waals surface area contributed by atoms with E-state index < -0.39 is 0 Å². The number of aryl methyl sites for hydroxylation is 1. The normalized spacial score (nSPS) is 18.7. The van der Waals surface area contributed by atoms with Gasteiger partial charge in [0.05, 0.1) is 0 Å². The van der Waals surface area contributed by atoms with Crippen LogP contribution in [0.3, 0.4) is 0 Å². The van der Waals surface area contributed by atoms with E-state index in [1.165, 1.54) is 31.6 Å². The van der Waals surface area contributed by atoms with Crippen LogP contribution in [0.4, 0.5) is 0 Å². The zero-order valence-electron chi connectivity index (χ0n) is 12.0. The first-order valence-corrected chi connectivity index (χ1v) is 7.23. The summed E-state index contributed by atoms with van der Waals surface area (Å²) in [6.07, 6.45) is 4.86. The highest BCUT2D eigenvalue weighted by Crippen LogP contribution is 2.17. The lowest BCUT2D eigenvalue weighted by Gasteiger charge is -2.31. The third-order valence-corrected chi connectivity index (χ3v) is 4.09. The van der Waals surface area contributed by atoms with Crippen LogP contribution in [0.2, 0.25) is 0 Å². The predicted molar refractivity (Wildman–Crippen MR) is 76.6 cm³/mol. The highest BCUT2D eigenvalue weighted by atomic mass is 15.2. The van der Waals surface area contributed by atoms with Crippen molar-refractivity contribution in [3.8, 4) is 0 Å². The van der Waals surface area contributed by atoms with Crippen LogP contribution in [0.5, 0.6) is 0 Å².